The largest absolute Gasteiger partial charge is 0.449 e. The predicted octanol–water partition coefficient (Wildman–Crippen LogP) is 4.34. The summed E-state index contributed by atoms with van der Waals surface area (Å²) in [5.41, 5.74) is 2.07. The lowest BCUT2D eigenvalue weighted by atomic mass is 10.2. The van der Waals surface area contributed by atoms with Crippen LogP contribution >= 0.6 is 11.8 Å². The molecule has 0 fully saturated rings. The van der Waals surface area contributed by atoms with E-state index in [4.69, 9.17) is 4.42 Å². The molecule has 5 aromatic rings. The first-order valence-corrected chi connectivity index (χ1v) is 10.3. The van der Waals surface area contributed by atoms with Crippen molar-refractivity contribution < 1.29 is 4.42 Å². The van der Waals surface area contributed by atoms with Gasteiger partial charge in [-0.05, 0) is 31.2 Å². The summed E-state index contributed by atoms with van der Waals surface area (Å²) in [6, 6.07) is 15.4. The zero-order valence-corrected chi connectivity index (χ0v) is 16.4. The normalized spacial score (nSPS) is 11.5. The van der Waals surface area contributed by atoms with Crippen LogP contribution in [0.5, 0.6) is 0 Å². The molecule has 0 unspecified atom stereocenters. The molecule has 0 saturated carbocycles. The van der Waals surface area contributed by atoms with Crippen molar-refractivity contribution >= 4 is 50.6 Å². The molecular formula is C21H17N5O2S. The molecule has 144 valence electrons. The maximum Gasteiger partial charge on any atom is 0.294 e. The molecule has 0 atom stereocenters. The van der Waals surface area contributed by atoms with Crippen LogP contribution in [0.15, 0.2) is 62.9 Å². The van der Waals surface area contributed by atoms with Crippen LogP contribution in [0.2, 0.25) is 0 Å². The van der Waals surface area contributed by atoms with E-state index in [0.29, 0.717) is 27.8 Å². The zero-order valence-electron chi connectivity index (χ0n) is 15.6. The molecule has 5 rings (SSSR count). The van der Waals surface area contributed by atoms with Crippen LogP contribution in [0, 0.1) is 0 Å². The van der Waals surface area contributed by atoms with Crippen LogP contribution in [0.1, 0.15) is 12.7 Å². The number of nitrogens with one attached hydrogen (secondary N) is 2. The number of aromatic nitrogens is 4. The standard InChI is InChI=1S/C21H17N5O2S/c1-2-22-19-12-7-3-5-9-14(12)23-21(26-19)29-11-16-24-17-13-8-4-6-10-15(13)28-18(17)20(27)25-16/h3-10H,2,11H2,1H3,(H,22,23,26)(H,24,25,27). The van der Waals surface area contributed by atoms with E-state index < -0.39 is 0 Å². The summed E-state index contributed by atoms with van der Waals surface area (Å²) in [6.07, 6.45) is 0. The quantitative estimate of drug-likeness (QED) is 0.333. The average molecular weight is 403 g/mol. The predicted molar refractivity (Wildman–Crippen MR) is 115 cm³/mol. The summed E-state index contributed by atoms with van der Waals surface area (Å²) < 4.78 is 5.65. The number of rotatable bonds is 5. The van der Waals surface area contributed by atoms with Crippen molar-refractivity contribution in [2.24, 2.45) is 0 Å². The molecule has 3 aromatic heterocycles. The number of hydrogen-bond acceptors (Lipinski definition) is 7. The lowest BCUT2D eigenvalue weighted by molar-refractivity contribution is 0.660. The highest BCUT2D eigenvalue weighted by Gasteiger charge is 2.14. The van der Waals surface area contributed by atoms with Crippen LogP contribution in [0.4, 0.5) is 5.82 Å². The molecular weight excluding hydrogens is 386 g/mol. The number of para-hydroxylation sites is 2. The maximum atomic E-state index is 12.5. The Labute approximate surface area is 169 Å². The monoisotopic (exact) mass is 403 g/mol. The zero-order chi connectivity index (χ0) is 19.8. The minimum absolute atomic E-state index is 0.247. The van der Waals surface area contributed by atoms with E-state index in [1.807, 2.05) is 55.5 Å². The van der Waals surface area contributed by atoms with Gasteiger partial charge in [-0.1, -0.05) is 36.0 Å². The third kappa shape index (κ3) is 3.21. The van der Waals surface area contributed by atoms with Gasteiger partial charge in [0.1, 0.15) is 22.7 Å². The minimum Gasteiger partial charge on any atom is -0.449 e. The smallest absolute Gasteiger partial charge is 0.294 e. The molecule has 2 N–H and O–H groups in total. The summed E-state index contributed by atoms with van der Waals surface area (Å²) in [4.78, 5) is 29.1. The van der Waals surface area contributed by atoms with E-state index in [2.05, 4.69) is 25.3 Å². The SMILES string of the molecule is CCNc1nc(SCc2nc3c(oc4ccccc43)c(=O)[nH]2)nc2ccccc12. The second-order valence-corrected chi connectivity index (χ2v) is 7.42. The molecule has 0 aliphatic carbocycles. The number of furan rings is 1. The van der Waals surface area contributed by atoms with E-state index in [0.717, 1.165) is 28.7 Å². The number of anilines is 1. The number of benzene rings is 2. The third-order valence-electron chi connectivity index (χ3n) is 4.55. The second-order valence-electron chi connectivity index (χ2n) is 6.48. The molecule has 0 radical (unpaired) electrons. The first-order chi connectivity index (χ1) is 14.2. The summed E-state index contributed by atoms with van der Waals surface area (Å²) in [5, 5.41) is 5.73. The third-order valence-corrected chi connectivity index (χ3v) is 5.40. The summed E-state index contributed by atoms with van der Waals surface area (Å²) in [5.74, 6) is 1.80. The lowest BCUT2D eigenvalue weighted by Gasteiger charge is -2.09. The van der Waals surface area contributed by atoms with E-state index in [9.17, 15) is 4.79 Å². The Hall–Kier alpha value is -3.39. The van der Waals surface area contributed by atoms with Gasteiger partial charge in [0.15, 0.2) is 5.16 Å². The molecule has 0 amide bonds. The van der Waals surface area contributed by atoms with Gasteiger partial charge in [-0.25, -0.2) is 15.0 Å². The summed E-state index contributed by atoms with van der Waals surface area (Å²) in [6.45, 7) is 2.80. The Balaban J connectivity index is 1.50. The van der Waals surface area contributed by atoms with Gasteiger partial charge in [-0.15, -0.1) is 0 Å². The maximum absolute atomic E-state index is 12.5. The van der Waals surface area contributed by atoms with E-state index in [1.54, 1.807) is 0 Å². The highest BCUT2D eigenvalue weighted by molar-refractivity contribution is 7.98. The molecule has 0 aliphatic rings. The Morgan fingerprint density at radius 1 is 1.03 bits per heavy atom. The average Bonchev–Trinajstić information content (AvgIpc) is 3.12. The molecule has 0 spiro atoms. The highest BCUT2D eigenvalue weighted by Crippen LogP contribution is 2.27. The molecule has 0 saturated heterocycles. The minimum atomic E-state index is -0.283. The Kier molecular flexibility index (Phi) is 4.40. The van der Waals surface area contributed by atoms with Crippen molar-refractivity contribution in [3.63, 3.8) is 0 Å². The van der Waals surface area contributed by atoms with Gasteiger partial charge < -0.3 is 14.7 Å². The van der Waals surface area contributed by atoms with Gasteiger partial charge in [0.2, 0.25) is 5.58 Å². The lowest BCUT2D eigenvalue weighted by Crippen LogP contribution is -2.10. The van der Waals surface area contributed by atoms with Crippen molar-refractivity contribution in [2.75, 3.05) is 11.9 Å². The Morgan fingerprint density at radius 3 is 2.69 bits per heavy atom. The number of fused-ring (bicyclic) bond motifs is 4. The van der Waals surface area contributed by atoms with Gasteiger partial charge in [-0.3, -0.25) is 4.79 Å². The van der Waals surface area contributed by atoms with Crippen molar-refractivity contribution in [3.8, 4) is 0 Å². The van der Waals surface area contributed by atoms with Crippen LogP contribution in [0.25, 0.3) is 33.0 Å². The van der Waals surface area contributed by atoms with E-state index in [-0.39, 0.29) is 11.1 Å². The van der Waals surface area contributed by atoms with Crippen LogP contribution in [-0.4, -0.2) is 26.5 Å². The van der Waals surface area contributed by atoms with Gasteiger partial charge in [0.25, 0.3) is 5.56 Å². The fourth-order valence-corrected chi connectivity index (χ4v) is 3.99. The number of H-pyrrole nitrogens is 1. The fourth-order valence-electron chi connectivity index (χ4n) is 3.27. The molecule has 8 heteroatoms. The van der Waals surface area contributed by atoms with Crippen molar-refractivity contribution in [1.82, 2.24) is 19.9 Å². The van der Waals surface area contributed by atoms with Crippen molar-refractivity contribution in [2.45, 2.75) is 17.8 Å². The summed E-state index contributed by atoms with van der Waals surface area (Å²) >= 11 is 1.43. The topological polar surface area (TPSA) is 96.7 Å². The Bertz CT molecular complexity index is 1410. The van der Waals surface area contributed by atoms with E-state index in [1.165, 1.54) is 11.8 Å². The van der Waals surface area contributed by atoms with Crippen LogP contribution in [0.3, 0.4) is 0 Å². The molecule has 3 heterocycles. The number of aromatic amines is 1. The first-order valence-electron chi connectivity index (χ1n) is 9.27. The van der Waals surface area contributed by atoms with Crippen molar-refractivity contribution in [1.29, 1.82) is 0 Å². The van der Waals surface area contributed by atoms with Crippen LogP contribution < -0.4 is 10.9 Å². The van der Waals surface area contributed by atoms with Gasteiger partial charge >= 0.3 is 0 Å². The number of hydrogen-bond donors (Lipinski definition) is 2. The molecule has 0 bridgehead atoms. The highest BCUT2D eigenvalue weighted by atomic mass is 32.2. The van der Waals surface area contributed by atoms with Crippen molar-refractivity contribution in [3.05, 3.63) is 64.7 Å². The second kappa shape index (κ2) is 7.21. The summed E-state index contributed by atoms with van der Waals surface area (Å²) in [7, 11) is 0. The molecule has 7 nitrogen and oxygen atoms in total. The molecule has 0 aliphatic heterocycles. The number of thioether (sulfide) groups is 1. The number of nitrogens with zero attached hydrogens (tertiary/aromatic N) is 3. The Morgan fingerprint density at radius 2 is 1.83 bits per heavy atom. The van der Waals surface area contributed by atoms with Gasteiger partial charge in [0.05, 0.1) is 11.3 Å². The van der Waals surface area contributed by atoms with Gasteiger partial charge in [0, 0.05) is 17.3 Å². The first kappa shape index (κ1) is 17.7. The molecule has 2 aromatic carbocycles. The fraction of sp³-hybridized carbons (Fsp3) is 0.143. The molecule has 29 heavy (non-hydrogen) atoms. The van der Waals surface area contributed by atoms with E-state index >= 15 is 0 Å². The van der Waals surface area contributed by atoms with Crippen LogP contribution in [-0.2, 0) is 5.75 Å². The van der Waals surface area contributed by atoms with Gasteiger partial charge in [-0.2, -0.15) is 0 Å².